The van der Waals surface area contributed by atoms with Gasteiger partial charge >= 0.3 is 0 Å². The third kappa shape index (κ3) is 8.87. The molecule has 0 saturated carbocycles. The van der Waals surface area contributed by atoms with Crippen LogP contribution in [0.25, 0.3) is 0 Å². The number of rotatable bonds is 13. The van der Waals surface area contributed by atoms with Gasteiger partial charge in [-0.05, 0) is 73.9 Å². The van der Waals surface area contributed by atoms with Crippen molar-refractivity contribution in [2.45, 2.75) is 57.1 Å². The smallest absolute Gasteiger partial charge is 0.264 e. The summed E-state index contributed by atoms with van der Waals surface area (Å²) in [6, 6.07) is 28.1. The normalized spacial score (nSPS) is 12.6. The summed E-state index contributed by atoms with van der Waals surface area (Å²) in [5.41, 5.74) is 2.63. The Kier molecular flexibility index (Phi) is 11.7. The molecule has 0 heterocycles. The van der Waals surface area contributed by atoms with Crippen LogP contribution in [0, 0.1) is 6.92 Å². The molecule has 0 bridgehead atoms. The number of anilines is 1. The number of amides is 2. The van der Waals surface area contributed by atoms with E-state index in [-0.39, 0.29) is 35.5 Å². The number of benzene rings is 4. The number of carbonyl (C=O) groups is 2. The van der Waals surface area contributed by atoms with Crippen LogP contribution in [0.3, 0.4) is 0 Å². The van der Waals surface area contributed by atoms with E-state index in [1.807, 2.05) is 51.1 Å². The van der Waals surface area contributed by atoms with E-state index in [0.717, 1.165) is 15.4 Å². The van der Waals surface area contributed by atoms with Gasteiger partial charge in [-0.25, -0.2) is 8.42 Å². The maximum atomic E-state index is 14.5. The molecule has 2 atom stereocenters. The lowest BCUT2D eigenvalue weighted by Gasteiger charge is -2.34. The predicted octanol–water partition coefficient (Wildman–Crippen LogP) is 7.05. The summed E-state index contributed by atoms with van der Waals surface area (Å²) in [5, 5.41) is 3.87. The molecule has 0 aliphatic rings. The van der Waals surface area contributed by atoms with Crippen molar-refractivity contribution in [2.24, 2.45) is 0 Å². The van der Waals surface area contributed by atoms with Crippen LogP contribution < -0.4 is 9.62 Å². The van der Waals surface area contributed by atoms with E-state index in [4.69, 9.17) is 23.2 Å². The van der Waals surface area contributed by atoms with E-state index in [1.165, 1.54) is 17.0 Å². The molecule has 0 aliphatic carbocycles. The van der Waals surface area contributed by atoms with Crippen LogP contribution in [-0.2, 0) is 32.6 Å². The summed E-state index contributed by atoms with van der Waals surface area (Å²) in [5.74, 6) is -0.908. The van der Waals surface area contributed by atoms with Gasteiger partial charge in [-0.3, -0.25) is 13.9 Å². The molecular formula is C35H37Cl2N3O4S. The Labute approximate surface area is 275 Å². The molecule has 0 spiro atoms. The van der Waals surface area contributed by atoms with Crippen LogP contribution in [0.1, 0.15) is 37.0 Å². The van der Waals surface area contributed by atoms with E-state index in [2.05, 4.69) is 5.32 Å². The average molecular weight is 667 g/mol. The summed E-state index contributed by atoms with van der Waals surface area (Å²) in [4.78, 5) is 29.9. The molecule has 1 N–H and O–H groups in total. The van der Waals surface area contributed by atoms with Gasteiger partial charge in [-0.1, -0.05) is 96.4 Å². The Bertz CT molecular complexity index is 1700. The summed E-state index contributed by atoms with van der Waals surface area (Å²) in [6.07, 6.45) is 0.909. The fourth-order valence-corrected chi connectivity index (χ4v) is 6.51. The lowest BCUT2D eigenvalue weighted by molar-refractivity contribution is -0.140. The quantitative estimate of drug-likeness (QED) is 0.166. The van der Waals surface area contributed by atoms with Gasteiger partial charge in [0, 0.05) is 29.1 Å². The number of hydrogen-bond donors (Lipinski definition) is 1. The van der Waals surface area contributed by atoms with Crippen molar-refractivity contribution < 1.29 is 18.0 Å². The minimum atomic E-state index is -4.20. The highest BCUT2D eigenvalue weighted by Gasteiger charge is 2.35. The maximum Gasteiger partial charge on any atom is 0.264 e. The van der Waals surface area contributed by atoms with Crippen molar-refractivity contribution in [3.8, 4) is 0 Å². The van der Waals surface area contributed by atoms with Gasteiger partial charge < -0.3 is 10.2 Å². The predicted molar refractivity (Wildman–Crippen MR) is 181 cm³/mol. The third-order valence-electron chi connectivity index (χ3n) is 7.57. The molecule has 0 fully saturated rings. The van der Waals surface area contributed by atoms with Gasteiger partial charge in [0.2, 0.25) is 11.8 Å². The fourth-order valence-electron chi connectivity index (χ4n) is 4.78. The molecule has 4 aromatic carbocycles. The highest BCUT2D eigenvalue weighted by atomic mass is 35.5. The Hall–Kier alpha value is -3.85. The fraction of sp³-hybridized carbons (Fsp3) is 0.257. The molecule has 4 aromatic rings. The highest BCUT2D eigenvalue weighted by molar-refractivity contribution is 7.92. The van der Waals surface area contributed by atoms with Crippen LogP contribution in [0.15, 0.2) is 108 Å². The standard InChI is InChI=1S/C35H37Cl2N3O4S/c1-4-26(3)38-35(42)33(22-27-10-6-5-7-11-27)39(23-28-12-8-9-13-32(28)37)34(41)24-40(30-18-16-29(36)17-19-30)45(43,44)31-20-14-25(2)15-21-31/h5-21,26,33H,4,22-24H2,1-3H3,(H,38,42)/t26-,33+/m0/s1. The van der Waals surface area contributed by atoms with Crippen molar-refractivity contribution in [2.75, 3.05) is 10.8 Å². The van der Waals surface area contributed by atoms with E-state index >= 15 is 0 Å². The summed E-state index contributed by atoms with van der Waals surface area (Å²) in [7, 11) is -4.20. The average Bonchev–Trinajstić information content (AvgIpc) is 3.03. The van der Waals surface area contributed by atoms with Crippen molar-refractivity contribution >= 4 is 50.7 Å². The van der Waals surface area contributed by atoms with Crippen LogP contribution in [0.4, 0.5) is 5.69 Å². The topological polar surface area (TPSA) is 86.8 Å². The van der Waals surface area contributed by atoms with E-state index < -0.39 is 28.5 Å². The van der Waals surface area contributed by atoms with Crippen LogP contribution in [-0.4, -0.2) is 43.8 Å². The molecule has 236 valence electrons. The minimum Gasteiger partial charge on any atom is -0.352 e. The number of halogens is 2. The Balaban J connectivity index is 1.81. The summed E-state index contributed by atoms with van der Waals surface area (Å²) in [6.45, 7) is 5.14. The molecule has 2 amide bonds. The number of nitrogens with zero attached hydrogens (tertiary/aromatic N) is 2. The van der Waals surface area contributed by atoms with E-state index in [0.29, 0.717) is 22.0 Å². The van der Waals surface area contributed by atoms with E-state index in [9.17, 15) is 18.0 Å². The second-order valence-corrected chi connectivity index (χ2v) is 13.6. The van der Waals surface area contributed by atoms with Gasteiger partial charge in [-0.2, -0.15) is 0 Å². The van der Waals surface area contributed by atoms with Crippen molar-refractivity contribution in [3.63, 3.8) is 0 Å². The zero-order chi connectivity index (χ0) is 32.6. The lowest BCUT2D eigenvalue weighted by Crippen LogP contribution is -2.54. The van der Waals surface area contributed by atoms with Gasteiger partial charge in [0.05, 0.1) is 10.6 Å². The van der Waals surface area contributed by atoms with Gasteiger partial charge in [0.15, 0.2) is 0 Å². The number of carbonyl (C=O) groups excluding carboxylic acids is 2. The zero-order valence-electron chi connectivity index (χ0n) is 25.5. The number of hydrogen-bond acceptors (Lipinski definition) is 4. The van der Waals surface area contributed by atoms with Crippen molar-refractivity contribution in [3.05, 3.63) is 130 Å². The molecule has 0 unspecified atom stereocenters. The van der Waals surface area contributed by atoms with Gasteiger partial charge in [-0.15, -0.1) is 0 Å². The Morgan fingerprint density at radius 1 is 0.844 bits per heavy atom. The van der Waals surface area contributed by atoms with Crippen LogP contribution in [0.2, 0.25) is 10.0 Å². The molecule has 0 saturated heterocycles. The number of aryl methyl sites for hydroxylation is 1. The first-order chi connectivity index (χ1) is 21.5. The Morgan fingerprint density at radius 3 is 2.09 bits per heavy atom. The van der Waals surface area contributed by atoms with Crippen LogP contribution in [0.5, 0.6) is 0 Å². The molecule has 45 heavy (non-hydrogen) atoms. The molecular weight excluding hydrogens is 629 g/mol. The van der Waals surface area contributed by atoms with Crippen molar-refractivity contribution in [1.82, 2.24) is 10.2 Å². The molecule has 0 aliphatic heterocycles. The number of nitrogens with one attached hydrogen (secondary N) is 1. The SMILES string of the molecule is CC[C@H](C)NC(=O)[C@@H](Cc1ccccc1)N(Cc1ccccc1Cl)C(=O)CN(c1ccc(Cl)cc1)S(=O)(=O)c1ccc(C)cc1. The first kappa shape index (κ1) is 34.0. The van der Waals surface area contributed by atoms with Gasteiger partial charge in [0.25, 0.3) is 10.0 Å². The van der Waals surface area contributed by atoms with E-state index in [1.54, 1.807) is 60.7 Å². The summed E-state index contributed by atoms with van der Waals surface area (Å²) >= 11 is 12.7. The lowest BCUT2D eigenvalue weighted by atomic mass is 10.0. The molecule has 0 radical (unpaired) electrons. The first-order valence-corrected chi connectivity index (χ1v) is 16.9. The third-order valence-corrected chi connectivity index (χ3v) is 9.98. The van der Waals surface area contributed by atoms with Crippen molar-refractivity contribution in [1.29, 1.82) is 0 Å². The first-order valence-electron chi connectivity index (χ1n) is 14.7. The highest BCUT2D eigenvalue weighted by Crippen LogP contribution is 2.27. The van der Waals surface area contributed by atoms with Crippen LogP contribution >= 0.6 is 23.2 Å². The molecule has 0 aromatic heterocycles. The number of sulfonamides is 1. The zero-order valence-corrected chi connectivity index (χ0v) is 27.8. The molecule has 4 rings (SSSR count). The maximum absolute atomic E-state index is 14.5. The molecule has 7 nitrogen and oxygen atoms in total. The monoisotopic (exact) mass is 665 g/mol. The Morgan fingerprint density at radius 2 is 1.47 bits per heavy atom. The van der Waals surface area contributed by atoms with Gasteiger partial charge in [0.1, 0.15) is 12.6 Å². The summed E-state index contributed by atoms with van der Waals surface area (Å²) < 4.78 is 29.3. The minimum absolute atomic E-state index is 0.0109. The largest absolute Gasteiger partial charge is 0.352 e. The molecule has 10 heteroatoms. The second-order valence-electron chi connectivity index (χ2n) is 10.9. The second kappa shape index (κ2) is 15.4.